The van der Waals surface area contributed by atoms with Gasteiger partial charge in [0.2, 0.25) is 5.91 Å². The van der Waals surface area contributed by atoms with Gasteiger partial charge in [-0.2, -0.15) is 0 Å². The number of hydrogen-bond acceptors (Lipinski definition) is 4. The molecule has 2 aliphatic heterocycles. The third-order valence-corrected chi connectivity index (χ3v) is 4.46. The molecule has 0 aliphatic carbocycles. The molecule has 1 fully saturated rings. The lowest BCUT2D eigenvalue weighted by Gasteiger charge is -2.30. The standard InChI is InChI=1S/C17H24N2O3/c1-17(2,16(20)19-13-4-3-7-18-11-13)12-5-6-14-15(10-12)22-9-8-21-14/h5-6,10,13,18H,3-4,7-9,11H2,1-2H3,(H,19,20)/t13-/m0/s1. The zero-order valence-electron chi connectivity index (χ0n) is 13.3. The predicted octanol–water partition coefficient (Wildman–Crippen LogP) is 1.60. The summed E-state index contributed by atoms with van der Waals surface area (Å²) in [6, 6.07) is 5.98. The Kier molecular flexibility index (Phi) is 4.25. The first-order valence-electron chi connectivity index (χ1n) is 7.99. The van der Waals surface area contributed by atoms with Gasteiger partial charge >= 0.3 is 0 Å². The second kappa shape index (κ2) is 6.16. The van der Waals surface area contributed by atoms with Crippen LogP contribution in [0.2, 0.25) is 0 Å². The molecule has 0 spiro atoms. The molecule has 5 heteroatoms. The number of carbonyl (C=O) groups is 1. The fourth-order valence-electron chi connectivity index (χ4n) is 2.90. The van der Waals surface area contributed by atoms with Gasteiger partial charge in [0.15, 0.2) is 11.5 Å². The van der Waals surface area contributed by atoms with Gasteiger partial charge in [0.1, 0.15) is 13.2 Å². The molecule has 1 aromatic carbocycles. The number of carbonyl (C=O) groups excluding carboxylic acids is 1. The third kappa shape index (κ3) is 3.04. The average molecular weight is 304 g/mol. The predicted molar refractivity (Wildman–Crippen MR) is 84.5 cm³/mol. The second-order valence-electron chi connectivity index (χ2n) is 6.50. The third-order valence-electron chi connectivity index (χ3n) is 4.46. The van der Waals surface area contributed by atoms with Crippen LogP contribution in [-0.4, -0.2) is 38.3 Å². The van der Waals surface area contributed by atoms with Crippen LogP contribution >= 0.6 is 0 Å². The van der Waals surface area contributed by atoms with Crippen LogP contribution in [0.4, 0.5) is 0 Å². The van der Waals surface area contributed by atoms with E-state index < -0.39 is 5.41 Å². The van der Waals surface area contributed by atoms with Crippen molar-refractivity contribution in [2.45, 2.75) is 38.1 Å². The van der Waals surface area contributed by atoms with Crippen molar-refractivity contribution in [1.29, 1.82) is 0 Å². The van der Waals surface area contributed by atoms with Crippen molar-refractivity contribution in [3.63, 3.8) is 0 Å². The molecular weight excluding hydrogens is 280 g/mol. The van der Waals surface area contributed by atoms with Crippen LogP contribution in [0.15, 0.2) is 18.2 Å². The molecule has 5 nitrogen and oxygen atoms in total. The zero-order valence-corrected chi connectivity index (χ0v) is 13.3. The van der Waals surface area contributed by atoms with E-state index in [2.05, 4.69) is 10.6 Å². The van der Waals surface area contributed by atoms with E-state index >= 15 is 0 Å². The lowest BCUT2D eigenvalue weighted by atomic mass is 9.83. The van der Waals surface area contributed by atoms with Crippen molar-refractivity contribution < 1.29 is 14.3 Å². The number of amides is 1. The van der Waals surface area contributed by atoms with E-state index in [1.165, 1.54) is 0 Å². The first-order valence-corrected chi connectivity index (χ1v) is 7.99. The summed E-state index contributed by atoms with van der Waals surface area (Å²) in [7, 11) is 0. The van der Waals surface area contributed by atoms with Gasteiger partial charge in [-0.3, -0.25) is 4.79 Å². The maximum Gasteiger partial charge on any atom is 0.230 e. The highest BCUT2D eigenvalue weighted by Gasteiger charge is 2.32. The molecule has 0 aromatic heterocycles. The number of fused-ring (bicyclic) bond motifs is 1. The Morgan fingerprint density at radius 2 is 2.05 bits per heavy atom. The Morgan fingerprint density at radius 1 is 1.27 bits per heavy atom. The highest BCUT2D eigenvalue weighted by molar-refractivity contribution is 5.87. The van der Waals surface area contributed by atoms with Crippen molar-refractivity contribution >= 4 is 5.91 Å². The Bertz CT molecular complexity index is 551. The molecule has 1 atom stereocenters. The van der Waals surface area contributed by atoms with Crippen molar-refractivity contribution in [1.82, 2.24) is 10.6 Å². The van der Waals surface area contributed by atoms with Crippen molar-refractivity contribution in [3.05, 3.63) is 23.8 Å². The van der Waals surface area contributed by atoms with E-state index in [9.17, 15) is 4.79 Å². The van der Waals surface area contributed by atoms with Gasteiger partial charge in [-0.05, 0) is 50.9 Å². The number of rotatable bonds is 3. The first-order chi connectivity index (χ1) is 10.6. The van der Waals surface area contributed by atoms with E-state index in [0.717, 1.165) is 43.0 Å². The van der Waals surface area contributed by atoms with Crippen molar-refractivity contribution in [2.24, 2.45) is 0 Å². The summed E-state index contributed by atoms with van der Waals surface area (Å²) in [5, 5.41) is 6.49. The first kappa shape index (κ1) is 15.2. The van der Waals surface area contributed by atoms with Crippen LogP contribution in [0.1, 0.15) is 32.3 Å². The Labute approximate surface area is 131 Å². The Hall–Kier alpha value is -1.75. The summed E-state index contributed by atoms with van der Waals surface area (Å²) in [5.74, 6) is 1.53. The molecule has 22 heavy (non-hydrogen) atoms. The molecule has 2 N–H and O–H groups in total. The second-order valence-corrected chi connectivity index (χ2v) is 6.50. The summed E-state index contributed by atoms with van der Waals surface area (Å²) in [6.45, 7) is 6.91. The Morgan fingerprint density at radius 3 is 2.77 bits per heavy atom. The van der Waals surface area contributed by atoms with Gasteiger partial charge in [0.05, 0.1) is 5.41 Å². The molecule has 0 unspecified atom stereocenters. The normalized spacial score (nSPS) is 21.3. The van der Waals surface area contributed by atoms with Crippen LogP contribution in [0.3, 0.4) is 0 Å². The molecule has 0 bridgehead atoms. The van der Waals surface area contributed by atoms with E-state index in [1.54, 1.807) is 0 Å². The largest absolute Gasteiger partial charge is 0.486 e. The molecule has 3 rings (SSSR count). The van der Waals surface area contributed by atoms with E-state index in [4.69, 9.17) is 9.47 Å². The van der Waals surface area contributed by atoms with Crippen molar-refractivity contribution in [2.75, 3.05) is 26.3 Å². The minimum atomic E-state index is -0.604. The quantitative estimate of drug-likeness (QED) is 0.890. The fourth-order valence-corrected chi connectivity index (χ4v) is 2.90. The minimum absolute atomic E-state index is 0.0536. The minimum Gasteiger partial charge on any atom is -0.486 e. The van der Waals surface area contributed by atoms with Crippen LogP contribution in [0, 0.1) is 0 Å². The maximum atomic E-state index is 12.7. The van der Waals surface area contributed by atoms with Gasteiger partial charge in [-0.15, -0.1) is 0 Å². The maximum absolute atomic E-state index is 12.7. The molecule has 2 heterocycles. The van der Waals surface area contributed by atoms with Crippen LogP contribution < -0.4 is 20.1 Å². The molecule has 120 valence electrons. The Balaban J connectivity index is 1.74. The summed E-state index contributed by atoms with van der Waals surface area (Å²) < 4.78 is 11.2. The van der Waals surface area contributed by atoms with Crippen LogP contribution in [0.5, 0.6) is 11.5 Å². The van der Waals surface area contributed by atoms with E-state index in [1.807, 2.05) is 32.0 Å². The van der Waals surface area contributed by atoms with E-state index in [-0.39, 0.29) is 11.9 Å². The SMILES string of the molecule is CC(C)(C(=O)N[C@H]1CCCNC1)c1ccc2c(c1)OCCO2. The highest BCUT2D eigenvalue weighted by atomic mass is 16.6. The number of piperidine rings is 1. The van der Waals surface area contributed by atoms with Crippen molar-refractivity contribution in [3.8, 4) is 11.5 Å². The molecular formula is C17H24N2O3. The van der Waals surface area contributed by atoms with Gasteiger partial charge in [-0.1, -0.05) is 6.07 Å². The molecule has 1 aromatic rings. The lowest BCUT2D eigenvalue weighted by Crippen LogP contribution is -2.50. The van der Waals surface area contributed by atoms with E-state index in [0.29, 0.717) is 13.2 Å². The fraction of sp³-hybridized carbons (Fsp3) is 0.588. The van der Waals surface area contributed by atoms with Gasteiger partial charge in [-0.25, -0.2) is 0 Å². The zero-order chi connectivity index (χ0) is 15.6. The van der Waals surface area contributed by atoms with Gasteiger partial charge in [0.25, 0.3) is 0 Å². The monoisotopic (exact) mass is 304 g/mol. The smallest absolute Gasteiger partial charge is 0.230 e. The average Bonchev–Trinajstić information content (AvgIpc) is 2.55. The number of ether oxygens (including phenoxy) is 2. The topological polar surface area (TPSA) is 59.6 Å². The van der Waals surface area contributed by atoms with Crippen LogP contribution in [0.25, 0.3) is 0 Å². The molecule has 2 aliphatic rings. The summed E-state index contributed by atoms with van der Waals surface area (Å²) in [4.78, 5) is 12.7. The number of benzene rings is 1. The van der Waals surface area contributed by atoms with Gasteiger partial charge in [0, 0.05) is 12.6 Å². The summed E-state index contributed by atoms with van der Waals surface area (Å²) in [6.07, 6.45) is 2.14. The van der Waals surface area contributed by atoms with Gasteiger partial charge < -0.3 is 20.1 Å². The van der Waals surface area contributed by atoms with Crippen LogP contribution in [-0.2, 0) is 10.2 Å². The molecule has 0 radical (unpaired) electrons. The summed E-state index contributed by atoms with van der Waals surface area (Å²) >= 11 is 0. The summed E-state index contributed by atoms with van der Waals surface area (Å²) in [5.41, 5.74) is 0.339. The molecule has 0 saturated carbocycles. The molecule has 1 amide bonds. The lowest BCUT2D eigenvalue weighted by molar-refractivity contribution is -0.126. The molecule has 1 saturated heterocycles. The number of hydrogen-bond donors (Lipinski definition) is 2. The number of nitrogens with one attached hydrogen (secondary N) is 2. The highest BCUT2D eigenvalue weighted by Crippen LogP contribution is 2.35.